The van der Waals surface area contributed by atoms with E-state index in [4.69, 9.17) is 0 Å². The van der Waals surface area contributed by atoms with Crippen molar-refractivity contribution in [2.24, 2.45) is 0 Å². The van der Waals surface area contributed by atoms with Gasteiger partial charge in [-0.3, -0.25) is 19.7 Å². The number of hydrogen-bond donors (Lipinski definition) is 0. The van der Waals surface area contributed by atoms with Crippen LogP contribution < -0.4 is 0 Å². The summed E-state index contributed by atoms with van der Waals surface area (Å²) in [4.78, 5) is 46.1. The van der Waals surface area contributed by atoms with Crippen LogP contribution in [-0.4, -0.2) is 48.4 Å². The smallest absolute Gasteiger partial charge is 0.328 e. The predicted molar refractivity (Wildman–Crippen MR) is 81.8 cm³/mol. The van der Waals surface area contributed by atoms with Gasteiger partial charge in [-0.2, -0.15) is 0 Å². The van der Waals surface area contributed by atoms with E-state index in [2.05, 4.69) is 9.47 Å². The lowest BCUT2D eigenvalue weighted by Crippen LogP contribution is -2.41. The molecule has 0 radical (unpaired) electrons. The highest BCUT2D eigenvalue weighted by atomic mass is 16.6. The highest BCUT2D eigenvalue weighted by Gasteiger charge is 2.28. The first-order chi connectivity index (χ1) is 11.4. The number of carbonyl (C=O) groups is 3. The van der Waals surface area contributed by atoms with Crippen LogP contribution in [-0.2, 0) is 30.4 Å². The predicted octanol–water partition coefficient (Wildman–Crippen LogP) is 1.05. The van der Waals surface area contributed by atoms with Crippen LogP contribution in [0.1, 0.15) is 18.4 Å². The number of para-hydroxylation sites is 1. The van der Waals surface area contributed by atoms with E-state index in [9.17, 15) is 24.5 Å². The minimum atomic E-state index is -1.05. The lowest BCUT2D eigenvalue weighted by molar-refractivity contribution is -0.385. The quantitative estimate of drug-likeness (QED) is 0.286. The van der Waals surface area contributed by atoms with Gasteiger partial charge in [-0.15, -0.1) is 0 Å². The zero-order chi connectivity index (χ0) is 18.1. The molecule has 9 nitrogen and oxygen atoms in total. The molecule has 0 aliphatic carbocycles. The summed E-state index contributed by atoms with van der Waals surface area (Å²) in [6.07, 6.45) is 0.284. The molecule has 0 saturated heterocycles. The molecule has 1 rings (SSSR count). The molecule has 0 aliphatic rings. The van der Waals surface area contributed by atoms with Crippen LogP contribution in [0.3, 0.4) is 0 Å². The van der Waals surface area contributed by atoms with Crippen molar-refractivity contribution in [2.45, 2.75) is 25.4 Å². The first-order valence-electron chi connectivity index (χ1n) is 7.02. The molecule has 1 atom stereocenters. The second-order valence-electron chi connectivity index (χ2n) is 4.82. The monoisotopic (exact) mass is 338 g/mol. The van der Waals surface area contributed by atoms with Gasteiger partial charge in [-0.25, -0.2) is 4.79 Å². The maximum Gasteiger partial charge on any atom is 0.328 e. The molecule has 1 amide bonds. The number of benzene rings is 1. The van der Waals surface area contributed by atoms with Crippen LogP contribution in [0.5, 0.6) is 0 Å². The van der Waals surface area contributed by atoms with Crippen molar-refractivity contribution < 1.29 is 28.8 Å². The molecular formula is C15H18N2O7. The van der Waals surface area contributed by atoms with Gasteiger partial charge in [0, 0.05) is 18.1 Å². The molecule has 130 valence electrons. The normalized spacial score (nSPS) is 11.2. The topological polar surface area (TPSA) is 116 Å². The highest BCUT2D eigenvalue weighted by Crippen LogP contribution is 2.21. The van der Waals surface area contributed by atoms with Crippen LogP contribution in [0.2, 0.25) is 0 Å². The number of hydrogen-bond acceptors (Lipinski definition) is 7. The van der Waals surface area contributed by atoms with E-state index in [1.54, 1.807) is 6.07 Å². The average Bonchev–Trinajstić information content (AvgIpc) is 2.60. The summed E-state index contributed by atoms with van der Waals surface area (Å²) in [7, 11) is 2.36. The second kappa shape index (κ2) is 9.23. The number of nitrogens with zero attached hydrogens (tertiary/aromatic N) is 2. The maximum absolute atomic E-state index is 11.9. The van der Waals surface area contributed by atoms with Gasteiger partial charge in [0.25, 0.3) is 5.69 Å². The van der Waals surface area contributed by atoms with E-state index in [1.165, 1.54) is 25.3 Å². The lowest BCUT2D eigenvalue weighted by atomic mass is 10.1. The molecule has 0 aromatic heterocycles. The Labute approximate surface area is 138 Å². The van der Waals surface area contributed by atoms with Crippen LogP contribution in [0.4, 0.5) is 5.69 Å². The summed E-state index contributed by atoms with van der Waals surface area (Å²) in [6, 6.07) is 4.84. The van der Waals surface area contributed by atoms with Gasteiger partial charge < -0.3 is 14.4 Å². The zero-order valence-electron chi connectivity index (χ0n) is 13.3. The molecule has 0 aliphatic heterocycles. The van der Waals surface area contributed by atoms with Gasteiger partial charge in [0.05, 0.1) is 25.7 Å². The number of methoxy groups -OCH3 is 2. The van der Waals surface area contributed by atoms with Gasteiger partial charge in [0.15, 0.2) is 0 Å². The Morgan fingerprint density at radius 3 is 2.50 bits per heavy atom. The Hall–Kier alpha value is -2.97. The van der Waals surface area contributed by atoms with Crippen LogP contribution in [0, 0.1) is 10.1 Å². The Kier molecular flexibility index (Phi) is 7.34. The van der Waals surface area contributed by atoms with Gasteiger partial charge in [0.2, 0.25) is 6.41 Å². The SMILES string of the molecule is COC(=O)CCC(C(=O)OC)N(C=O)Cc1ccccc1[N+](=O)[O-]. The number of nitro groups is 1. The third-order valence-corrected chi connectivity index (χ3v) is 3.40. The fourth-order valence-corrected chi connectivity index (χ4v) is 2.15. The van der Waals surface area contributed by atoms with Crippen molar-refractivity contribution in [3.63, 3.8) is 0 Å². The number of ether oxygens (including phenoxy) is 2. The molecule has 1 unspecified atom stereocenters. The number of amides is 1. The molecule has 0 N–H and O–H groups in total. The molecule has 0 spiro atoms. The summed E-state index contributed by atoms with van der Waals surface area (Å²) in [5.41, 5.74) is 0.0995. The minimum Gasteiger partial charge on any atom is -0.469 e. The standard InChI is InChI=1S/C15H18N2O7/c1-23-14(19)8-7-13(15(20)24-2)16(10-18)9-11-5-3-4-6-12(11)17(21)22/h3-6,10,13H,7-9H2,1-2H3. The Morgan fingerprint density at radius 1 is 1.29 bits per heavy atom. The van der Waals surface area contributed by atoms with Crippen molar-refractivity contribution in [1.29, 1.82) is 0 Å². The maximum atomic E-state index is 11.9. The van der Waals surface area contributed by atoms with E-state index < -0.39 is 22.9 Å². The molecule has 1 aromatic rings. The number of nitro benzene ring substituents is 1. The third-order valence-electron chi connectivity index (χ3n) is 3.40. The first kappa shape index (κ1) is 19.1. The Balaban J connectivity index is 3.01. The molecule has 0 saturated carbocycles. The van der Waals surface area contributed by atoms with Crippen molar-refractivity contribution >= 4 is 24.0 Å². The second-order valence-corrected chi connectivity index (χ2v) is 4.82. The number of rotatable bonds is 9. The molecule has 24 heavy (non-hydrogen) atoms. The molecule has 0 bridgehead atoms. The van der Waals surface area contributed by atoms with Crippen molar-refractivity contribution in [1.82, 2.24) is 4.90 Å². The van der Waals surface area contributed by atoms with Crippen LogP contribution >= 0.6 is 0 Å². The van der Waals surface area contributed by atoms with E-state index >= 15 is 0 Å². The van der Waals surface area contributed by atoms with Gasteiger partial charge >= 0.3 is 11.9 Å². The lowest BCUT2D eigenvalue weighted by Gasteiger charge is -2.25. The highest BCUT2D eigenvalue weighted by molar-refractivity contribution is 5.79. The fraction of sp³-hybridized carbons (Fsp3) is 0.400. The average molecular weight is 338 g/mol. The minimum absolute atomic E-state index is 0.0152. The summed E-state index contributed by atoms with van der Waals surface area (Å²) < 4.78 is 9.16. The Bertz CT molecular complexity index is 618. The summed E-state index contributed by atoms with van der Waals surface area (Å²) in [5.74, 6) is -1.26. The molecule has 1 aromatic carbocycles. The van der Waals surface area contributed by atoms with Crippen LogP contribution in [0.15, 0.2) is 24.3 Å². The van der Waals surface area contributed by atoms with Crippen molar-refractivity contribution in [3.8, 4) is 0 Å². The van der Waals surface area contributed by atoms with Crippen molar-refractivity contribution in [2.75, 3.05) is 14.2 Å². The number of esters is 2. The van der Waals surface area contributed by atoms with Gasteiger partial charge in [-0.05, 0) is 6.42 Å². The largest absolute Gasteiger partial charge is 0.469 e. The van der Waals surface area contributed by atoms with E-state index in [0.29, 0.717) is 6.41 Å². The van der Waals surface area contributed by atoms with E-state index in [1.807, 2.05) is 0 Å². The summed E-state index contributed by atoms with van der Waals surface area (Å²) in [6.45, 7) is -0.165. The van der Waals surface area contributed by atoms with E-state index in [0.717, 1.165) is 12.0 Å². The van der Waals surface area contributed by atoms with E-state index in [-0.39, 0.29) is 30.6 Å². The molecule has 0 heterocycles. The summed E-state index contributed by atoms with van der Waals surface area (Å²) >= 11 is 0. The van der Waals surface area contributed by atoms with Gasteiger partial charge in [0.1, 0.15) is 6.04 Å². The fourth-order valence-electron chi connectivity index (χ4n) is 2.15. The van der Waals surface area contributed by atoms with Crippen LogP contribution in [0.25, 0.3) is 0 Å². The summed E-state index contributed by atoms with van der Waals surface area (Å²) in [5, 5.41) is 11.1. The Morgan fingerprint density at radius 2 is 1.96 bits per heavy atom. The molecule has 0 fully saturated rings. The number of carbonyl (C=O) groups excluding carboxylic acids is 3. The van der Waals surface area contributed by atoms with Crippen molar-refractivity contribution in [3.05, 3.63) is 39.9 Å². The van der Waals surface area contributed by atoms with Gasteiger partial charge in [-0.1, -0.05) is 18.2 Å². The molecular weight excluding hydrogens is 320 g/mol. The zero-order valence-corrected chi connectivity index (χ0v) is 13.3. The molecule has 9 heteroatoms. The first-order valence-corrected chi connectivity index (χ1v) is 7.02. The third kappa shape index (κ3) is 5.04.